The number of nitrogens with zero attached hydrogens (tertiary/aromatic N) is 3. The lowest BCUT2D eigenvalue weighted by Gasteiger charge is -2.02. The SMILES string of the molecule is Cc1cccc2nc(-c3ccc(C#N)cc3)c(N)n12. The van der Waals surface area contributed by atoms with Crippen molar-refractivity contribution in [2.75, 3.05) is 5.73 Å². The van der Waals surface area contributed by atoms with Crippen molar-refractivity contribution in [1.82, 2.24) is 9.38 Å². The summed E-state index contributed by atoms with van der Waals surface area (Å²) in [5.74, 6) is 0.623. The summed E-state index contributed by atoms with van der Waals surface area (Å²) >= 11 is 0. The molecule has 92 valence electrons. The van der Waals surface area contributed by atoms with Crippen molar-refractivity contribution < 1.29 is 0 Å². The molecule has 4 heteroatoms. The van der Waals surface area contributed by atoms with Gasteiger partial charge in [0, 0.05) is 11.3 Å². The van der Waals surface area contributed by atoms with E-state index in [-0.39, 0.29) is 0 Å². The van der Waals surface area contributed by atoms with Crippen LogP contribution in [0.4, 0.5) is 5.82 Å². The maximum Gasteiger partial charge on any atom is 0.139 e. The number of hydrogen-bond donors (Lipinski definition) is 1. The van der Waals surface area contributed by atoms with Gasteiger partial charge in [-0.1, -0.05) is 18.2 Å². The second-order valence-electron chi connectivity index (χ2n) is 4.40. The van der Waals surface area contributed by atoms with Crippen molar-refractivity contribution >= 4 is 11.5 Å². The van der Waals surface area contributed by atoms with Crippen LogP contribution in [0.25, 0.3) is 16.9 Å². The monoisotopic (exact) mass is 248 g/mol. The van der Waals surface area contributed by atoms with Crippen LogP contribution in [-0.4, -0.2) is 9.38 Å². The van der Waals surface area contributed by atoms with E-state index in [1.54, 1.807) is 12.1 Å². The lowest BCUT2D eigenvalue weighted by atomic mass is 10.1. The maximum atomic E-state index is 8.81. The Morgan fingerprint density at radius 3 is 2.53 bits per heavy atom. The standard InChI is InChI=1S/C15H12N4/c1-10-3-2-4-13-18-14(15(17)19(10)13)12-7-5-11(9-16)6-8-12/h2-8H,17H2,1H3. The van der Waals surface area contributed by atoms with Gasteiger partial charge in [-0.2, -0.15) is 5.26 Å². The third-order valence-corrected chi connectivity index (χ3v) is 3.16. The van der Waals surface area contributed by atoms with Crippen molar-refractivity contribution in [2.45, 2.75) is 6.92 Å². The molecule has 0 unspecified atom stereocenters. The summed E-state index contributed by atoms with van der Waals surface area (Å²) in [6.07, 6.45) is 0. The second kappa shape index (κ2) is 4.14. The van der Waals surface area contributed by atoms with E-state index < -0.39 is 0 Å². The van der Waals surface area contributed by atoms with Gasteiger partial charge >= 0.3 is 0 Å². The molecule has 0 saturated heterocycles. The summed E-state index contributed by atoms with van der Waals surface area (Å²) in [5.41, 5.74) is 10.3. The molecule has 3 aromatic rings. The highest BCUT2D eigenvalue weighted by atomic mass is 15.1. The van der Waals surface area contributed by atoms with E-state index >= 15 is 0 Å². The van der Waals surface area contributed by atoms with Gasteiger partial charge in [0.15, 0.2) is 0 Å². The molecule has 0 bridgehead atoms. The van der Waals surface area contributed by atoms with Crippen LogP contribution in [0.15, 0.2) is 42.5 Å². The Labute approximate surface area is 110 Å². The molecule has 2 aromatic heterocycles. The van der Waals surface area contributed by atoms with Crippen molar-refractivity contribution in [3.8, 4) is 17.3 Å². The number of benzene rings is 1. The number of hydrogen-bond acceptors (Lipinski definition) is 3. The van der Waals surface area contributed by atoms with E-state index in [2.05, 4.69) is 11.1 Å². The fourth-order valence-corrected chi connectivity index (χ4v) is 2.20. The first-order valence-electron chi connectivity index (χ1n) is 5.95. The molecule has 0 radical (unpaired) electrons. The number of nitriles is 1. The van der Waals surface area contributed by atoms with Crippen LogP contribution in [0.3, 0.4) is 0 Å². The zero-order valence-corrected chi connectivity index (χ0v) is 10.5. The number of rotatable bonds is 1. The number of pyridine rings is 1. The number of nitrogen functional groups attached to an aromatic ring is 1. The van der Waals surface area contributed by atoms with Gasteiger partial charge in [-0.15, -0.1) is 0 Å². The highest BCUT2D eigenvalue weighted by Crippen LogP contribution is 2.27. The van der Waals surface area contributed by atoms with E-state index in [0.29, 0.717) is 11.4 Å². The van der Waals surface area contributed by atoms with Gasteiger partial charge in [0.25, 0.3) is 0 Å². The van der Waals surface area contributed by atoms with Crippen molar-refractivity contribution in [2.24, 2.45) is 0 Å². The fourth-order valence-electron chi connectivity index (χ4n) is 2.20. The number of fused-ring (bicyclic) bond motifs is 1. The molecule has 0 atom stereocenters. The predicted molar refractivity (Wildman–Crippen MR) is 74.5 cm³/mol. The number of nitrogens with two attached hydrogens (primary N) is 1. The van der Waals surface area contributed by atoms with E-state index in [9.17, 15) is 0 Å². The van der Waals surface area contributed by atoms with Crippen LogP contribution >= 0.6 is 0 Å². The molecule has 3 rings (SSSR count). The van der Waals surface area contributed by atoms with Crippen LogP contribution in [-0.2, 0) is 0 Å². The molecule has 0 spiro atoms. The van der Waals surface area contributed by atoms with Gasteiger partial charge < -0.3 is 5.73 Å². The summed E-state index contributed by atoms with van der Waals surface area (Å²) in [6.45, 7) is 1.99. The summed E-state index contributed by atoms with van der Waals surface area (Å²) in [7, 11) is 0. The average Bonchev–Trinajstić information content (AvgIpc) is 2.78. The van der Waals surface area contributed by atoms with Crippen molar-refractivity contribution in [1.29, 1.82) is 5.26 Å². The van der Waals surface area contributed by atoms with Crippen LogP contribution in [0, 0.1) is 18.3 Å². The molecular formula is C15H12N4. The highest BCUT2D eigenvalue weighted by molar-refractivity contribution is 5.75. The molecule has 2 N–H and O–H groups in total. The number of aromatic nitrogens is 2. The second-order valence-corrected chi connectivity index (χ2v) is 4.40. The molecule has 19 heavy (non-hydrogen) atoms. The normalized spacial score (nSPS) is 10.5. The Morgan fingerprint density at radius 1 is 1.16 bits per heavy atom. The van der Waals surface area contributed by atoms with Gasteiger partial charge in [0.2, 0.25) is 0 Å². The highest BCUT2D eigenvalue weighted by Gasteiger charge is 2.12. The Balaban J connectivity index is 2.22. The Hall–Kier alpha value is -2.80. The molecule has 0 fully saturated rings. The quantitative estimate of drug-likeness (QED) is 0.720. The van der Waals surface area contributed by atoms with Crippen molar-refractivity contribution in [3.63, 3.8) is 0 Å². The topological polar surface area (TPSA) is 67.1 Å². The summed E-state index contributed by atoms with van der Waals surface area (Å²) < 4.78 is 1.92. The van der Waals surface area contributed by atoms with E-state index in [4.69, 9.17) is 11.0 Å². The molecule has 2 heterocycles. The number of imidazole rings is 1. The fraction of sp³-hybridized carbons (Fsp3) is 0.0667. The molecule has 0 aliphatic heterocycles. The number of anilines is 1. The molecule has 1 aromatic carbocycles. The van der Waals surface area contributed by atoms with Gasteiger partial charge in [-0.25, -0.2) is 4.98 Å². The lowest BCUT2D eigenvalue weighted by Crippen LogP contribution is -1.97. The van der Waals surface area contributed by atoms with Crippen LogP contribution in [0.2, 0.25) is 0 Å². The summed E-state index contributed by atoms with van der Waals surface area (Å²) in [5, 5.41) is 8.81. The zero-order chi connectivity index (χ0) is 13.4. The molecule has 0 saturated carbocycles. The van der Waals surface area contributed by atoms with E-state index in [1.807, 2.05) is 41.7 Å². The third-order valence-electron chi connectivity index (χ3n) is 3.16. The average molecular weight is 248 g/mol. The molecule has 0 amide bonds. The summed E-state index contributed by atoms with van der Waals surface area (Å²) in [4.78, 5) is 4.55. The minimum Gasteiger partial charge on any atom is -0.383 e. The minimum absolute atomic E-state index is 0.623. The van der Waals surface area contributed by atoms with Gasteiger partial charge in [0.05, 0.1) is 11.6 Å². The van der Waals surface area contributed by atoms with Crippen LogP contribution in [0.5, 0.6) is 0 Å². The Kier molecular flexibility index (Phi) is 2.46. The summed E-state index contributed by atoms with van der Waals surface area (Å²) in [6, 6.07) is 15.3. The first-order valence-corrected chi connectivity index (χ1v) is 5.95. The van der Waals surface area contributed by atoms with Crippen LogP contribution in [0.1, 0.15) is 11.3 Å². The third kappa shape index (κ3) is 1.72. The number of aryl methyl sites for hydroxylation is 1. The first kappa shape index (κ1) is 11.3. The largest absolute Gasteiger partial charge is 0.383 e. The van der Waals surface area contributed by atoms with Crippen molar-refractivity contribution in [3.05, 3.63) is 53.7 Å². The molecule has 0 aliphatic rings. The molecule has 0 aliphatic carbocycles. The smallest absolute Gasteiger partial charge is 0.139 e. The molecular weight excluding hydrogens is 236 g/mol. The Bertz CT molecular complexity index is 791. The van der Waals surface area contributed by atoms with E-state index in [1.165, 1.54) is 0 Å². The minimum atomic E-state index is 0.623. The molecule has 4 nitrogen and oxygen atoms in total. The van der Waals surface area contributed by atoms with Crippen LogP contribution < -0.4 is 5.73 Å². The van der Waals surface area contributed by atoms with E-state index in [0.717, 1.165) is 22.6 Å². The first-order chi connectivity index (χ1) is 9.20. The predicted octanol–water partition coefficient (Wildman–Crippen LogP) is 2.76. The van der Waals surface area contributed by atoms with Gasteiger partial charge in [-0.05, 0) is 31.2 Å². The van der Waals surface area contributed by atoms with Gasteiger partial charge in [-0.3, -0.25) is 4.40 Å². The lowest BCUT2D eigenvalue weighted by molar-refractivity contribution is 1.10. The zero-order valence-electron chi connectivity index (χ0n) is 10.5. The maximum absolute atomic E-state index is 8.81. The Morgan fingerprint density at radius 2 is 1.89 bits per heavy atom. The van der Waals surface area contributed by atoms with Gasteiger partial charge in [0.1, 0.15) is 17.2 Å².